The Morgan fingerprint density at radius 2 is 2.11 bits per heavy atom. The van der Waals surface area contributed by atoms with E-state index in [0.29, 0.717) is 5.92 Å². The molecule has 1 aromatic rings. The summed E-state index contributed by atoms with van der Waals surface area (Å²) in [5, 5.41) is 3.16. The van der Waals surface area contributed by atoms with Gasteiger partial charge >= 0.3 is 0 Å². The quantitative estimate of drug-likeness (QED) is 0.888. The van der Waals surface area contributed by atoms with Crippen molar-refractivity contribution in [3.05, 3.63) is 30.1 Å². The average Bonchev–Trinajstić information content (AvgIpc) is 3.02. The number of aromatic nitrogens is 1. The van der Waals surface area contributed by atoms with Crippen molar-refractivity contribution in [2.75, 3.05) is 0 Å². The molecule has 0 spiro atoms. The third-order valence-electron chi connectivity index (χ3n) is 4.64. The minimum absolute atomic E-state index is 0.0830. The average molecular weight is 244 g/mol. The van der Waals surface area contributed by atoms with Gasteiger partial charge in [0.15, 0.2) is 0 Å². The van der Waals surface area contributed by atoms with Crippen LogP contribution in [0.1, 0.15) is 44.2 Å². The highest BCUT2D eigenvalue weighted by atomic mass is 16.2. The highest BCUT2D eigenvalue weighted by molar-refractivity contribution is 5.79. The predicted molar refractivity (Wildman–Crippen MR) is 69.7 cm³/mol. The number of carbonyl (C=O) groups is 1. The molecule has 1 heterocycles. The van der Waals surface area contributed by atoms with Crippen molar-refractivity contribution in [3.8, 4) is 0 Å². The van der Waals surface area contributed by atoms with Gasteiger partial charge in [0.1, 0.15) is 0 Å². The van der Waals surface area contributed by atoms with E-state index in [1.54, 1.807) is 12.4 Å². The smallest absolute Gasteiger partial charge is 0.223 e. The summed E-state index contributed by atoms with van der Waals surface area (Å²) in [4.78, 5) is 16.3. The monoisotopic (exact) mass is 244 g/mol. The molecule has 3 heteroatoms. The van der Waals surface area contributed by atoms with Crippen LogP contribution in [0, 0.1) is 17.8 Å². The van der Waals surface area contributed by atoms with Crippen LogP contribution in [0.2, 0.25) is 0 Å². The summed E-state index contributed by atoms with van der Waals surface area (Å²) in [5.41, 5.74) is 1.13. The van der Waals surface area contributed by atoms with Crippen molar-refractivity contribution in [2.45, 2.75) is 38.6 Å². The number of nitrogens with zero attached hydrogens (tertiary/aromatic N) is 1. The molecule has 1 amide bonds. The topological polar surface area (TPSA) is 42.0 Å². The number of nitrogens with one attached hydrogen (secondary N) is 1. The van der Waals surface area contributed by atoms with Crippen LogP contribution in [-0.2, 0) is 4.79 Å². The van der Waals surface area contributed by atoms with Crippen LogP contribution in [0.5, 0.6) is 0 Å². The first-order chi connectivity index (χ1) is 8.74. The number of hydrogen-bond donors (Lipinski definition) is 1. The first-order valence-corrected chi connectivity index (χ1v) is 6.94. The fourth-order valence-electron chi connectivity index (χ4n) is 3.62. The zero-order valence-electron chi connectivity index (χ0n) is 10.8. The standard InChI is InChI=1S/C15H20N2O/c1-10(12-4-6-16-7-5-12)17-15(18)14-9-11-2-3-13(14)8-11/h4-7,10-11,13-14H,2-3,8-9H2,1H3,(H,17,18). The van der Waals surface area contributed by atoms with E-state index >= 15 is 0 Å². The van der Waals surface area contributed by atoms with Crippen molar-refractivity contribution < 1.29 is 4.79 Å². The van der Waals surface area contributed by atoms with Crippen molar-refractivity contribution in [1.29, 1.82) is 0 Å². The van der Waals surface area contributed by atoms with Crippen molar-refractivity contribution >= 4 is 5.91 Å². The Bertz CT molecular complexity index is 431. The molecule has 0 aromatic carbocycles. The second-order valence-electron chi connectivity index (χ2n) is 5.79. The number of amides is 1. The van der Waals surface area contributed by atoms with Gasteiger partial charge in [-0.1, -0.05) is 6.42 Å². The Labute approximate surface area is 108 Å². The summed E-state index contributed by atoms with van der Waals surface area (Å²) in [6, 6.07) is 4.01. The second kappa shape index (κ2) is 4.71. The van der Waals surface area contributed by atoms with Crippen LogP contribution in [-0.4, -0.2) is 10.9 Å². The minimum atomic E-state index is 0.0830. The molecule has 96 valence electrons. The molecule has 18 heavy (non-hydrogen) atoms. The molecular weight excluding hydrogens is 224 g/mol. The minimum Gasteiger partial charge on any atom is -0.349 e. The second-order valence-corrected chi connectivity index (χ2v) is 5.79. The molecule has 0 aliphatic heterocycles. The number of hydrogen-bond acceptors (Lipinski definition) is 2. The lowest BCUT2D eigenvalue weighted by Crippen LogP contribution is -2.35. The SMILES string of the molecule is CC(NC(=O)C1CC2CCC1C2)c1ccncc1. The normalized spacial score (nSPS) is 31.3. The van der Waals surface area contributed by atoms with Gasteiger partial charge in [-0.25, -0.2) is 0 Å². The summed E-state index contributed by atoms with van der Waals surface area (Å²) in [6.07, 6.45) is 8.53. The largest absolute Gasteiger partial charge is 0.349 e. The summed E-state index contributed by atoms with van der Waals surface area (Å²) in [6.45, 7) is 2.04. The molecule has 3 nitrogen and oxygen atoms in total. The van der Waals surface area contributed by atoms with Gasteiger partial charge in [0.05, 0.1) is 6.04 Å². The van der Waals surface area contributed by atoms with E-state index in [1.165, 1.54) is 19.3 Å². The molecule has 0 saturated heterocycles. The number of fused-ring (bicyclic) bond motifs is 2. The van der Waals surface area contributed by atoms with Gasteiger partial charge in [-0.3, -0.25) is 9.78 Å². The fourth-order valence-corrected chi connectivity index (χ4v) is 3.62. The van der Waals surface area contributed by atoms with E-state index in [2.05, 4.69) is 10.3 Å². The van der Waals surface area contributed by atoms with Gasteiger partial charge < -0.3 is 5.32 Å². The summed E-state index contributed by atoms with van der Waals surface area (Å²) in [5.74, 6) is 2.00. The van der Waals surface area contributed by atoms with Gasteiger partial charge in [0.25, 0.3) is 0 Å². The molecule has 3 rings (SSSR count). The van der Waals surface area contributed by atoms with Crippen molar-refractivity contribution in [2.24, 2.45) is 17.8 Å². The maximum atomic E-state index is 12.3. The van der Waals surface area contributed by atoms with Crippen LogP contribution >= 0.6 is 0 Å². The summed E-state index contributed by atoms with van der Waals surface area (Å²) < 4.78 is 0. The molecule has 4 unspecified atom stereocenters. The van der Waals surface area contributed by atoms with E-state index in [0.717, 1.165) is 17.9 Å². The van der Waals surface area contributed by atoms with E-state index in [4.69, 9.17) is 0 Å². The first kappa shape index (κ1) is 11.7. The van der Waals surface area contributed by atoms with Crippen LogP contribution in [0.3, 0.4) is 0 Å². The van der Waals surface area contributed by atoms with E-state index in [1.807, 2.05) is 19.1 Å². The van der Waals surface area contributed by atoms with Gasteiger partial charge in [-0.2, -0.15) is 0 Å². The van der Waals surface area contributed by atoms with Crippen LogP contribution in [0.4, 0.5) is 0 Å². The number of carbonyl (C=O) groups excluding carboxylic acids is 1. The van der Waals surface area contributed by atoms with E-state index < -0.39 is 0 Å². The lowest BCUT2D eigenvalue weighted by atomic mass is 9.88. The third-order valence-corrected chi connectivity index (χ3v) is 4.64. The van der Waals surface area contributed by atoms with Crippen LogP contribution in [0.25, 0.3) is 0 Å². The summed E-state index contributed by atoms with van der Waals surface area (Å²) in [7, 11) is 0. The lowest BCUT2D eigenvalue weighted by Gasteiger charge is -2.23. The molecule has 2 aliphatic rings. The predicted octanol–water partition coefficient (Wildman–Crippen LogP) is 2.70. The molecular formula is C15H20N2O. The van der Waals surface area contributed by atoms with Crippen LogP contribution < -0.4 is 5.32 Å². The van der Waals surface area contributed by atoms with E-state index in [-0.39, 0.29) is 17.9 Å². The third kappa shape index (κ3) is 2.14. The van der Waals surface area contributed by atoms with Gasteiger partial charge in [0.2, 0.25) is 5.91 Å². The van der Waals surface area contributed by atoms with Crippen molar-refractivity contribution in [1.82, 2.24) is 10.3 Å². The molecule has 2 aliphatic carbocycles. The molecule has 2 bridgehead atoms. The number of rotatable bonds is 3. The molecule has 1 aromatic heterocycles. The Kier molecular flexibility index (Phi) is 3.06. The lowest BCUT2D eigenvalue weighted by molar-refractivity contribution is -0.127. The van der Waals surface area contributed by atoms with Gasteiger partial charge in [-0.15, -0.1) is 0 Å². The van der Waals surface area contributed by atoms with Crippen molar-refractivity contribution in [3.63, 3.8) is 0 Å². The van der Waals surface area contributed by atoms with Gasteiger partial charge in [-0.05, 0) is 55.7 Å². The maximum absolute atomic E-state index is 12.3. The maximum Gasteiger partial charge on any atom is 0.223 e. The Morgan fingerprint density at radius 1 is 1.33 bits per heavy atom. The van der Waals surface area contributed by atoms with Gasteiger partial charge in [0, 0.05) is 18.3 Å². The highest BCUT2D eigenvalue weighted by Gasteiger charge is 2.43. The first-order valence-electron chi connectivity index (χ1n) is 6.94. The molecule has 2 fully saturated rings. The van der Waals surface area contributed by atoms with Crippen LogP contribution in [0.15, 0.2) is 24.5 Å². The molecule has 2 saturated carbocycles. The highest BCUT2D eigenvalue weighted by Crippen LogP contribution is 2.48. The Hall–Kier alpha value is -1.38. The number of pyridine rings is 1. The Balaban J connectivity index is 1.61. The zero-order chi connectivity index (χ0) is 12.5. The van der Waals surface area contributed by atoms with E-state index in [9.17, 15) is 4.79 Å². The zero-order valence-corrected chi connectivity index (χ0v) is 10.8. The molecule has 0 radical (unpaired) electrons. The Morgan fingerprint density at radius 3 is 2.72 bits per heavy atom. The summed E-state index contributed by atoms with van der Waals surface area (Å²) >= 11 is 0. The molecule has 4 atom stereocenters. The molecule has 1 N–H and O–H groups in total. The fraction of sp³-hybridized carbons (Fsp3) is 0.600.